The highest BCUT2D eigenvalue weighted by molar-refractivity contribution is 5.86. The van der Waals surface area contributed by atoms with Gasteiger partial charge in [-0.05, 0) is 43.1 Å². The Kier molecular flexibility index (Phi) is 4.53. The molecule has 3 heteroatoms. The molecule has 0 unspecified atom stereocenters. The Balaban J connectivity index is 1.92. The molecule has 0 aliphatic carbocycles. The summed E-state index contributed by atoms with van der Waals surface area (Å²) < 4.78 is 4.55. The summed E-state index contributed by atoms with van der Waals surface area (Å²) in [5.74, 6) is -0.323. The van der Waals surface area contributed by atoms with Crippen LogP contribution in [0.4, 0.5) is 0 Å². The fraction of sp³-hybridized carbons (Fsp3) is 0.400. The second kappa shape index (κ2) is 6.36. The molecule has 1 aliphatic heterocycles. The summed E-state index contributed by atoms with van der Waals surface area (Å²) in [6.45, 7) is 3.45. The second-order valence-electron chi connectivity index (χ2n) is 4.58. The van der Waals surface area contributed by atoms with Crippen LogP contribution >= 0.6 is 0 Å². The van der Waals surface area contributed by atoms with E-state index in [0.717, 1.165) is 12.1 Å². The quantitative estimate of drug-likeness (QED) is 0.603. The molecule has 1 aliphatic rings. The number of benzene rings is 1. The summed E-state index contributed by atoms with van der Waals surface area (Å²) in [5.41, 5.74) is 2.35. The first-order chi connectivity index (χ1) is 8.78. The maximum atomic E-state index is 11.0. The summed E-state index contributed by atoms with van der Waals surface area (Å²) in [4.78, 5) is 13.4. The molecule has 96 valence electrons. The predicted molar refractivity (Wildman–Crippen MR) is 72.0 cm³/mol. The maximum absolute atomic E-state index is 11.0. The standard InChI is InChI=1S/C15H19NO2/c1-18-15(17)9-8-13-4-6-14(7-5-13)12-16-10-2-3-11-16/h4-9H,2-3,10-12H2,1H3/b9-8+. The van der Waals surface area contributed by atoms with Gasteiger partial charge in [-0.25, -0.2) is 4.79 Å². The SMILES string of the molecule is COC(=O)/C=C/c1ccc(CN2CCCC2)cc1. The summed E-state index contributed by atoms with van der Waals surface area (Å²) in [6.07, 6.45) is 5.85. The third-order valence-corrected chi connectivity index (χ3v) is 3.20. The molecule has 0 bridgehead atoms. The van der Waals surface area contributed by atoms with Crippen LogP contribution in [0.3, 0.4) is 0 Å². The van der Waals surface area contributed by atoms with Crippen molar-refractivity contribution in [3.8, 4) is 0 Å². The van der Waals surface area contributed by atoms with Crippen LogP contribution < -0.4 is 0 Å². The van der Waals surface area contributed by atoms with Crippen molar-refractivity contribution in [2.75, 3.05) is 20.2 Å². The van der Waals surface area contributed by atoms with E-state index in [9.17, 15) is 4.79 Å². The first kappa shape index (κ1) is 12.8. The largest absolute Gasteiger partial charge is 0.466 e. The Morgan fingerprint density at radius 1 is 1.28 bits per heavy atom. The van der Waals surface area contributed by atoms with Gasteiger partial charge in [-0.2, -0.15) is 0 Å². The van der Waals surface area contributed by atoms with Gasteiger partial charge in [-0.1, -0.05) is 24.3 Å². The number of likely N-dealkylation sites (tertiary alicyclic amines) is 1. The van der Waals surface area contributed by atoms with Crippen molar-refractivity contribution in [2.24, 2.45) is 0 Å². The van der Waals surface area contributed by atoms with Crippen molar-refractivity contribution in [2.45, 2.75) is 19.4 Å². The average Bonchev–Trinajstić information content (AvgIpc) is 2.90. The van der Waals surface area contributed by atoms with Gasteiger partial charge in [-0.3, -0.25) is 4.90 Å². The molecule has 0 aromatic heterocycles. The van der Waals surface area contributed by atoms with E-state index in [4.69, 9.17) is 0 Å². The van der Waals surface area contributed by atoms with Crippen molar-refractivity contribution < 1.29 is 9.53 Å². The number of esters is 1. The van der Waals surface area contributed by atoms with E-state index in [2.05, 4.69) is 21.8 Å². The molecule has 0 amide bonds. The summed E-state index contributed by atoms with van der Waals surface area (Å²) in [7, 11) is 1.38. The van der Waals surface area contributed by atoms with E-state index in [1.54, 1.807) is 6.08 Å². The molecule has 0 saturated carbocycles. The van der Waals surface area contributed by atoms with E-state index in [-0.39, 0.29) is 5.97 Å². The Morgan fingerprint density at radius 2 is 1.94 bits per heavy atom. The van der Waals surface area contributed by atoms with Crippen molar-refractivity contribution >= 4 is 12.0 Å². The van der Waals surface area contributed by atoms with E-state index in [1.807, 2.05) is 12.1 Å². The fourth-order valence-electron chi connectivity index (χ4n) is 2.17. The molecule has 0 spiro atoms. The molecule has 0 atom stereocenters. The molecule has 0 radical (unpaired) electrons. The van der Waals surface area contributed by atoms with Crippen LogP contribution in [-0.4, -0.2) is 31.1 Å². The van der Waals surface area contributed by atoms with Crippen LogP contribution in [0, 0.1) is 0 Å². The number of rotatable bonds is 4. The minimum absolute atomic E-state index is 0.323. The molecule has 1 saturated heterocycles. The van der Waals surface area contributed by atoms with Crippen molar-refractivity contribution in [1.82, 2.24) is 4.90 Å². The molecule has 1 aromatic carbocycles. The van der Waals surface area contributed by atoms with E-state index < -0.39 is 0 Å². The van der Waals surface area contributed by atoms with Crippen LogP contribution in [0.2, 0.25) is 0 Å². The number of carbonyl (C=O) groups excluding carboxylic acids is 1. The van der Waals surface area contributed by atoms with Gasteiger partial charge in [0.05, 0.1) is 7.11 Å². The van der Waals surface area contributed by atoms with Gasteiger partial charge in [0, 0.05) is 12.6 Å². The Morgan fingerprint density at radius 3 is 2.56 bits per heavy atom. The average molecular weight is 245 g/mol. The maximum Gasteiger partial charge on any atom is 0.330 e. The molecular weight excluding hydrogens is 226 g/mol. The lowest BCUT2D eigenvalue weighted by Gasteiger charge is -2.14. The van der Waals surface area contributed by atoms with Crippen LogP contribution in [0.25, 0.3) is 6.08 Å². The van der Waals surface area contributed by atoms with E-state index in [0.29, 0.717) is 0 Å². The van der Waals surface area contributed by atoms with Crippen molar-refractivity contribution in [3.63, 3.8) is 0 Å². The van der Waals surface area contributed by atoms with E-state index >= 15 is 0 Å². The van der Waals surface area contributed by atoms with Crippen LogP contribution in [0.5, 0.6) is 0 Å². The molecule has 1 heterocycles. The van der Waals surface area contributed by atoms with Gasteiger partial charge >= 0.3 is 5.97 Å². The molecule has 1 fully saturated rings. The molecule has 1 aromatic rings. The summed E-state index contributed by atoms with van der Waals surface area (Å²) in [5, 5.41) is 0. The smallest absolute Gasteiger partial charge is 0.330 e. The summed E-state index contributed by atoms with van der Waals surface area (Å²) >= 11 is 0. The van der Waals surface area contributed by atoms with Crippen LogP contribution in [-0.2, 0) is 16.1 Å². The lowest BCUT2D eigenvalue weighted by molar-refractivity contribution is -0.134. The number of methoxy groups -OCH3 is 1. The van der Waals surface area contributed by atoms with Gasteiger partial charge < -0.3 is 4.74 Å². The monoisotopic (exact) mass is 245 g/mol. The first-order valence-electron chi connectivity index (χ1n) is 6.35. The minimum atomic E-state index is -0.323. The molecule has 3 nitrogen and oxygen atoms in total. The zero-order valence-electron chi connectivity index (χ0n) is 10.8. The predicted octanol–water partition coefficient (Wildman–Crippen LogP) is 2.47. The first-order valence-corrected chi connectivity index (χ1v) is 6.35. The molecular formula is C15H19NO2. The molecule has 18 heavy (non-hydrogen) atoms. The van der Waals surface area contributed by atoms with E-state index in [1.165, 1.54) is 44.7 Å². The van der Waals surface area contributed by atoms with Gasteiger partial charge in [0.2, 0.25) is 0 Å². The number of nitrogens with zero attached hydrogens (tertiary/aromatic N) is 1. The topological polar surface area (TPSA) is 29.5 Å². The molecule has 2 rings (SSSR count). The lowest BCUT2D eigenvalue weighted by Crippen LogP contribution is -2.18. The Hall–Kier alpha value is -1.61. The fourth-order valence-corrected chi connectivity index (χ4v) is 2.17. The van der Waals surface area contributed by atoms with Gasteiger partial charge in [-0.15, -0.1) is 0 Å². The van der Waals surface area contributed by atoms with Crippen molar-refractivity contribution in [3.05, 3.63) is 41.5 Å². The highest BCUT2D eigenvalue weighted by atomic mass is 16.5. The minimum Gasteiger partial charge on any atom is -0.466 e. The van der Waals surface area contributed by atoms with Gasteiger partial charge in [0.1, 0.15) is 0 Å². The van der Waals surface area contributed by atoms with Crippen LogP contribution in [0.1, 0.15) is 24.0 Å². The highest BCUT2D eigenvalue weighted by Crippen LogP contribution is 2.13. The third-order valence-electron chi connectivity index (χ3n) is 3.20. The number of hydrogen-bond acceptors (Lipinski definition) is 3. The normalized spacial score (nSPS) is 16.3. The van der Waals surface area contributed by atoms with Gasteiger partial charge in [0.15, 0.2) is 0 Å². The van der Waals surface area contributed by atoms with Gasteiger partial charge in [0.25, 0.3) is 0 Å². The lowest BCUT2D eigenvalue weighted by atomic mass is 10.1. The number of ether oxygens (including phenoxy) is 1. The third kappa shape index (κ3) is 3.70. The highest BCUT2D eigenvalue weighted by Gasteiger charge is 2.11. The number of carbonyl (C=O) groups is 1. The Labute approximate surface area is 108 Å². The second-order valence-corrected chi connectivity index (χ2v) is 4.58. The Bertz CT molecular complexity index is 417. The zero-order valence-corrected chi connectivity index (χ0v) is 10.8. The van der Waals surface area contributed by atoms with Crippen LogP contribution in [0.15, 0.2) is 30.3 Å². The zero-order chi connectivity index (χ0) is 12.8. The molecule has 0 N–H and O–H groups in total. The summed E-state index contributed by atoms with van der Waals surface area (Å²) in [6, 6.07) is 8.31. The van der Waals surface area contributed by atoms with Crippen molar-refractivity contribution in [1.29, 1.82) is 0 Å². The number of hydrogen-bond donors (Lipinski definition) is 0.